The predicted octanol–water partition coefficient (Wildman–Crippen LogP) is 5.33. The number of alkyl halides is 3. The quantitative estimate of drug-likeness (QED) is 0.456. The molecule has 0 spiro atoms. The Morgan fingerprint density at radius 1 is 1.11 bits per heavy atom. The number of hydrogen-bond donors (Lipinski definition) is 0. The zero-order valence-corrected chi connectivity index (χ0v) is 19.9. The molecule has 1 unspecified atom stereocenters. The molecule has 184 valence electrons. The Balaban J connectivity index is 1.61. The van der Waals surface area contributed by atoms with Gasteiger partial charge in [0.1, 0.15) is 5.75 Å². The fourth-order valence-corrected chi connectivity index (χ4v) is 4.44. The molecular weight excluding hydrogens is 479 g/mol. The van der Waals surface area contributed by atoms with E-state index in [9.17, 15) is 18.0 Å². The van der Waals surface area contributed by atoms with E-state index in [0.29, 0.717) is 37.6 Å². The number of aromatic nitrogens is 1. The number of halogens is 4. The van der Waals surface area contributed by atoms with Crippen LogP contribution >= 0.6 is 11.6 Å². The van der Waals surface area contributed by atoms with Crippen LogP contribution < -0.4 is 4.74 Å². The van der Waals surface area contributed by atoms with Crippen molar-refractivity contribution in [3.05, 3.63) is 94.3 Å². The van der Waals surface area contributed by atoms with Gasteiger partial charge in [-0.2, -0.15) is 13.2 Å². The van der Waals surface area contributed by atoms with E-state index < -0.39 is 17.6 Å². The second-order valence-corrected chi connectivity index (χ2v) is 8.96. The van der Waals surface area contributed by atoms with Crippen LogP contribution in [0.4, 0.5) is 13.2 Å². The molecule has 3 aromatic rings. The van der Waals surface area contributed by atoms with Crippen LogP contribution in [0.1, 0.15) is 27.0 Å². The molecular formula is C26H25ClF3N3O2. The molecule has 5 nitrogen and oxygen atoms in total. The van der Waals surface area contributed by atoms with E-state index in [1.54, 1.807) is 29.4 Å². The van der Waals surface area contributed by atoms with Crippen molar-refractivity contribution in [2.24, 2.45) is 0 Å². The van der Waals surface area contributed by atoms with Crippen LogP contribution in [0.2, 0.25) is 5.02 Å². The third-order valence-corrected chi connectivity index (χ3v) is 6.31. The fourth-order valence-electron chi connectivity index (χ4n) is 4.32. The Labute approximate surface area is 207 Å². The summed E-state index contributed by atoms with van der Waals surface area (Å²) in [6.45, 7) is 2.22. The number of carbonyl (C=O) groups excluding carboxylic acids is 1. The second kappa shape index (κ2) is 10.7. The van der Waals surface area contributed by atoms with Crippen molar-refractivity contribution in [1.82, 2.24) is 14.8 Å². The first-order valence-electron chi connectivity index (χ1n) is 11.2. The summed E-state index contributed by atoms with van der Waals surface area (Å²) >= 11 is 6.02. The minimum Gasteiger partial charge on any atom is -0.497 e. The highest BCUT2D eigenvalue weighted by atomic mass is 35.5. The number of ether oxygens (including phenoxy) is 1. The van der Waals surface area contributed by atoms with E-state index in [4.69, 9.17) is 16.3 Å². The van der Waals surface area contributed by atoms with Gasteiger partial charge in [0.15, 0.2) is 0 Å². The molecule has 1 aliphatic heterocycles. The molecule has 1 aromatic heterocycles. The first-order valence-corrected chi connectivity index (χ1v) is 11.5. The van der Waals surface area contributed by atoms with Crippen molar-refractivity contribution in [3.63, 3.8) is 0 Å². The molecule has 4 rings (SSSR count). The van der Waals surface area contributed by atoms with Crippen LogP contribution in [0, 0.1) is 0 Å². The normalized spacial score (nSPS) is 16.8. The van der Waals surface area contributed by atoms with Gasteiger partial charge >= 0.3 is 6.18 Å². The molecule has 0 saturated carbocycles. The Kier molecular flexibility index (Phi) is 7.62. The van der Waals surface area contributed by atoms with Gasteiger partial charge in [-0.25, -0.2) is 0 Å². The zero-order valence-electron chi connectivity index (χ0n) is 19.1. The average Bonchev–Trinajstić information content (AvgIpc) is 2.85. The molecule has 2 aromatic carbocycles. The van der Waals surface area contributed by atoms with E-state index in [2.05, 4.69) is 9.88 Å². The van der Waals surface area contributed by atoms with Gasteiger partial charge in [-0.05, 0) is 53.9 Å². The first-order chi connectivity index (χ1) is 16.7. The number of carbonyl (C=O) groups is 1. The van der Waals surface area contributed by atoms with Crippen molar-refractivity contribution in [1.29, 1.82) is 0 Å². The van der Waals surface area contributed by atoms with Crippen LogP contribution in [-0.4, -0.2) is 53.5 Å². The summed E-state index contributed by atoms with van der Waals surface area (Å²) in [6.07, 6.45) is -0.523. The fraction of sp³-hybridized carbons (Fsp3) is 0.308. The summed E-state index contributed by atoms with van der Waals surface area (Å²) in [5, 5.41) is 0.611. The monoisotopic (exact) mass is 503 g/mol. The van der Waals surface area contributed by atoms with Gasteiger partial charge in [-0.1, -0.05) is 29.8 Å². The summed E-state index contributed by atoms with van der Waals surface area (Å²) in [5.74, 6) is -0.456. The molecule has 1 saturated heterocycles. The summed E-state index contributed by atoms with van der Waals surface area (Å²) in [6, 6.07) is 14.2. The van der Waals surface area contributed by atoms with Crippen LogP contribution in [0.15, 0.2) is 67.0 Å². The van der Waals surface area contributed by atoms with Gasteiger partial charge in [0.05, 0.1) is 12.7 Å². The summed E-state index contributed by atoms with van der Waals surface area (Å²) < 4.78 is 45.4. The Bertz CT molecular complexity index is 1160. The summed E-state index contributed by atoms with van der Waals surface area (Å²) in [5.41, 5.74) is 1.09. The Morgan fingerprint density at radius 2 is 1.89 bits per heavy atom. The highest BCUT2D eigenvalue weighted by Crippen LogP contribution is 2.33. The Morgan fingerprint density at radius 3 is 2.54 bits per heavy atom. The van der Waals surface area contributed by atoms with Crippen molar-refractivity contribution in [2.45, 2.75) is 25.2 Å². The van der Waals surface area contributed by atoms with Crippen molar-refractivity contribution in [2.75, 3.05) is 26.7 Å². The third-order valence-electron chi connectivity index (χ3n) is 6.06. The first kappa shape index (κ1) is 25.0. The smallest absolute Gasteiger partial charge is 0.416 e. The maximum atomic E-state index is 13.5. The van der Waals surface area contributed by atoms with Crippen molar-refractivity contribution >= 4 is 17.5 Å². The standard InChI is InChI=1S/C26H25ClF3N3O2/c1-35-24-13-20(12-21(14-24)26(28,29)30)25(34)33-10-9-32(16-19-3-2-8-31-15-19)17-23(33)11-18-4-6-22(27)7-5-18/h2-8,12-15,23H,9-11,16-17H2,1H3. The van der Waals surface area contributed by atoms with E-state index >= 15 is 0 Å². The Hall–Kier alpha value is -3.10. The average molecular weight is 504 g/mol. The van der Waals surface area contributed by atoms with Gasteiger partial charge in [-0.3, -0.25) is 14.7 Å². The number of hydrogen-bond acceptors (Lipinski definition) is 4. The van der Waals surface area contributed by atoms with E-state index in [1.807, 2.05) is 24.3 Å². The van der Waals surface area contributed by atoms with E-state index in [1.165, 1.54) is 13.2 Å². The molecule has 0 aliphatic carbocycles. The number of benzene rings is 2. The lowest BCUT2D eigenvalue weighted by molar-refractivity contribution is -0.137. The lowest BCUT2D eigenvalue weighted by atomic mass is 10.00. The van der Waals surface area contributed by atoms with Crippen LogP contribution in [-0.2, 0) is 19.1 Å². The number of methoxy groups -OCH3 is 1. The lowest BCUT2D eigenvalue weighted by Crippen LogP contribution is -2.55. The van der Waals surface area contributed by atoms with Gasteiger partial charge in [0.2, 0.25) is 0 Å². The molecule has 9 heteroatoms. The van der Waals surface area contributed by atoms with Gasteiger partial charge in [0.25, 0.3) is 5.91 Å². The lowest BCUT2D eigenvalue weighted by Gasteiger charge is -2.42. The molecule has 1 fully saturated rings. The molecule has 35 heavy (non-hydrogen) atoms. The molecule has 1 amide bonds. The van der Waals surface area contributed by atoms with E-state index in [0.717, 1.165) is 23.3 Å². The van der Waals surface area contributed by atoms with Gasteiger partial charge < -0.3 is 9.64 Å². The topological polar surface area (TPSA) is 45.7 Å². The molecule has 0 radical (unpaired) electrons. The largest absolute Gasteiger partial charge is 0.497 e. The highest BCUT2D eigenvalue weighted by molar-refractivity contribution is 6.30. The number of piperazine rings is 1. The number of amides is 1. The molecule has 1 atom stereocenters. The van der Waals surface area contributed by atoms with Crippen LogP contribution in [0.5, 0.6) is 5.75 Å². The SMILES string of the molecule is COc1cc(C(=O)N2CCN(Cc3cccnc3)CC2Cc2ccc(Cl)cc2)cc(C(F)(F)F)c1. The maximum absolute atomic E-state index is 13.5. The number of nitrogens with zero attached hydrogens (tertiary/aromatic N) is 3. The van der Waals surface area contributed by atoms with Crippen LogP contribution in [0.25, 0.3) is 0 Å². The van der Waals surface area contributed by atoms with Crippen molar-refractivity contribution in [3.8, 4) is 5.75 Å². The zero-order chi connectivity index (χ0) is 25.0. The van der Waals surface area contributed by atoms with Gasteiger partial charge in [-0.15, -0.1) is 0 Å². The highest BCUT2D eigenvalue weighted by Gasteiger charge is 2.35. The minimum atomic E-state index is -4.59. The molecule has 0 N–H and O–H groups in total. The second-order valence-electron chi connectivity index (χ2n) is 8.53. The van der Waals surface area contributed by atoms with Gasteiger partial charge in [0, 0.05) is 55.2 Å². The number of rotatable bonds is 6. The molecule has 2 heterocycles. The van der Waals surface area contributed by atoms with Crippen molar-refractivity contribution < 1.29 is 22.7 Å². The number of pyridine rings is 1. The molecule has 1 aliphatic rings. The third kappa shape index (κ3) is 6.32. The predicted molar refractivity (Wildman–Crippen MR) is 127 cm³/mol. The van der Waals surface area contributed by atoms with E-state index in [-0.39, 0.29) is 17.4 Å². The summed E-state index contributed by atoms with van der Waals surface area (Å²) in [4.78, 5) is 21.6. The summed E-state index contributed by atoms with van der Waals surface area (Å²) in [7, 11) is 1.28. The minimum absolute atomic E-state index is 0.00681. The van der Waals surface area contributed by atoms with Crippen LogP contribution in [0.3, 0.4) is 0 Å². The molecule has 0 bridgehead atoms. The maximum Gasteiger partial charge on any atom is 0.416 e.